The summed E-state index contributed by atoms with van der Waals surface area (Å²) < 4.78 is 1.96. The SMILES string of the molecule is CCc1ccc(NC(=O)Cn2c(CCCNC(=O)c3ccccc3)nc3ccccc32)cc1. The van der Waals surface area contributed by atoms with Crippen molar-refractivity contribution in [3.63, 3.8) is 0 Å². The molecule has 2 amide bonds. The van der Waals surface area contributed by atoms with Crippen molar-refractivity contribution in [3.8, 4) is 0 Å². The molecule has 168 valence electrons. The molecule has 0 spiro atoms. The quantitative estimate of drug-likeness (QED) is 0.374. The molecule has 3 aromatic carbocycles. The molecule has 2 N–H and O–H groups in total. The monoisotopic (exact) mass is 440 g/mol. The van der Waals surface area contributed by atoms with Crippen LogP contribution in [-0.4, -0.2) is 27.9 Å². The maximum absolute atomic E-state index is 12.8. The number of aryl methyl sites for hydroxylation is 2. The van der Waals surface area contributed by atoms with Crippen molar-refractivity contribution in [1.82, 2.24) is 14.9 Å². The summed E-state index contributed by atoms with van der Waals surface area (Å²) in [5.41, 5.74) is 4.45. The minimum absolute atomic E-state index is 0.0856. The van der Waals surface area contributed by atoms with Gasteiger partial charge in [-0.2, -0.15) is 0 Å². The average Bonchev–Trinajstić information content (AvgIpc) is 3.19. The van der Waals surface area contributed by atoms with Crippen LogP contribution in [-0.2, 0) is 24.2 Å². The van der Waals surface area contributed by atoms with Gasteiger partial charge in [0.1, 0.15) is 12.4 Å². The average molecular weight is 441 g/mol. The van der Waals surface area contributed by atoms with Crippen molar-refractivity contribution in [2.45, 2.75) is 32.7 Å². The summed E-state index contributed by atoms with van der Waals surface area (Å²) in [6, 6.07) is 24.9. The predicted octanol–water partition coefficient (Wildman–Crippen LogP) is 4.60. The van der Waals surface area contributed by atoms with Gasteiger partial charge in [-0.3, -0.25) is 9.59 Å². The molecule has 4 aromatic rings. The molecule has 0 saturated heterocycles. The Labute approximate surface area is 193 Å². The summed E-state index contributed by atoms with van der Waals surface area (Å²) in [7, 11) is 0. The van der Waals surface area contributed by atoms with Gasteiger partial charge in [0.25, 0.3) is 5.91 Å². The third kappa shape index (κ3) is 5.66. The highest BCUT2D eigenvalue weighted by Crippen LogP contribution is 2.18. The molecule has 1 aromatic heterocycles. The fourth-order valence-corrected chi connectivity index (χ4v) is 3.80. The lowest BCUT2D eigenvalue weighted by atomic mass is 10.1. The lowest BCUT2D eigenvalue weighted by Crippen LogP contribution is -2.25. The van der Waals surface area contributed by atoms with E-state index in [1.807, 2.05) is 71.3 Å². The number of aromatic nitrogens is 2. The van der Waals surface area contributed by atoms with Crippen LogP contribution in [0.4, 0.5) is 5.69 Å². The van der Waals surface area contributed by atoms with E-state index in [0.717, 1.165) is 35.4 Å². The van der Waals surface area contributed by atoms with Crippen LogP contribution < -0.4 is 10.6 Å². The first-order valence-electron chi connectivity index (χ1n) is 11.3. The number of para-hydroxylation sites is 2. The highest BCUT2D eigenvalue weighted by Gasteiger charge is 2.14. The maximum atomic E-state index is 12.8. The van der Waals surface area contributed by atoms with Crippen molar-refractivity contribution in [1.29, 1.82) is 0 Å². The Morgan fingerprint density at radius 3 is 2.39 bits per heavy atom. The number of imidazole rings is 1. The van der Waals surface area contributed by atoms with Gasteiger partial charge in [0.2, 0.25) is 5.91 Å². The number of nitrogens with one attached hydrogen (secondary N) is 2. The number of rotatable bonds is 9. The summed E-state index contributed by atoms with van der Waals surface area (Å²) in [6.07, 6.45) is 2.34. The highest BCUT2D eigenvalue weighted by molar-refractivity contribution is 5.94. The van der Waals surface area contributed by atoms with Crippen molar-refractivity contribution < 1.29 is 9.59 Å². The van der Waals surface area contributed by atoms with Gasteiger partial charge in [-0.05, 0) is 54.8 Å². The van der Waals surface area contributed by atoms with Gasteiger partial charge in [0, 0.05) is 24.2 Å². The second kappa shape index (κ2) is 10.6. The van der Waals surface area contributed by atoms with Gasteiger partial charge in [0.15, 0.2) is 0 Å². The molecule has 0 saturated carbocycles. The van der Waals surface area contributed by atoms with Crippen LogP contribution in [0.2, 0.25) is 0 Å². The molecule has 0 radical (unpaired) electrons. The van der Waals surface area contributed by atoms with E-state index in [1.54, 1.807) is 12.1 Å². The third-order valence-corrected chi connectivity index (χ3v) is 5.58. The topological polar surface area (TPSA) is 76.0 Å². The van der Waals surface area contributed by atoms with E-state index in [2.05, 4.69) is 17.6 Å². The van der Waals surface area contributed by atoms with Crippen LogP contribution in [0, 0.1) is 0 Å². The first kappa shape index (κ1) is 22.3. The number of anilines is 1. The number of fused-ring (bicyclic) bond motifs is 1. The Kier molecular flexibility index (Phi) is 7.15. The molecule has 6 nitrogen and oxygen atoms in total. The van der Waals surface area contributed by atoms with E-state index in [1.165, 1.54) is 5.56 Å². The molecular formula is C27H28N4O2. The number of nitrogens with zero attached hydrogens (tertiary/aromatic N) is 2. The number of carbonyl (C=O) groups is 2. The van der Waals surface area contributed by atoms with Crippen LogP contribution in [0.5, 0.6) is 0 Å². The van der Waals surface area contributed by atoms with Gasteiger partial charge in [0.05, 0.1) is 11.0 Å². The lowest BCUT2D eigenvalue weighted by molar-refractivity contribution is -0.116. The van der Waals surface area contributed by atoms with Gasteiger partial charge < -0.3 is 15.2 Å². The Morgan fingerprint density at radius 1 is 0.909 bits per heavy atom. The highest BCUT2D eigenvalue weighted by atomic mass is 16.2. The molecule has 0 aliphatic carbocycles. The maximum Gasteiger partial charge on any atom is 0.251 e. The molecule has 0 bridgehead atoms. The Balaban J connectivity index is 1.40. The summed E-state index contributed by atoms with van der Waals surface area (Å²) >= 11 is 0. The summed E-state index contributed by atoms with van der Waals surface area (Å²) in [4.78, 5) is 29.8. The van der Waals surface area contributed by atoms with Crippen LogP contribution >= 0.6 is 0 Å². The van der Waals surface area contributed by atoms with Crippen molar-refractivity contribution in [3.05, 3.63) is 95.8 Å². The molecule has 0 aliphatic heterocycles. The smallest absolute Gasteiger partial charge is 0.251 e. The first-order chi connectivity index (χ1) is 16.1. The number of hydrogen-bond donors (Lipinski definition) is 2. The van der Waals surface area contributed by atoms with Crippen LogP contribution in [0.15, 0.2) is 78.9 Å². The molecular weight excluding hydrogens is 412 g/mol. The van der Waals surface area contributed by atoms with Gasteiger partial charge in [-0.15, -0.1) is 0 Å². The number of carbonyl (C=O) groups excluding carboxylic acids is 2. The molecule has 0 aliphatic rings. The molecule has 1 heterocycles. The van der Waals surface area contributed by atoms with Gasteiger partial charge in [-0.1, -0.05) is 49.4 Å². The van der Waals surface area contributed by atoms with E-state index >= 15 is 0 Å². The zero-order valence-corrected chi connectivity index (χ0v) is 18.8. The normalized spacial score (nSPS) is 10.8. The van der Waals surface area contributed by atoms with E-state index in [-0.39, 0.29) is 18.4 Å². The van der Waals surface area contributed by atoms with E-state index < -0.39 is 0 Å². The summed E-state index contributed by atoms with van der Waals surface area (Å²) in [6.45, 7) is 2.82. The summed E-state index contributed by atoms with van der Waals surface area (Å²) in [5.74, 6) is 0.653. The first-order valence-corrected chi connectivity index (χ1v) is 11.3. The molecule has 0 atom stereocenters. The number of hydrogen-bond acceptors (Lipinski definition) is 3. The zero-order valence-electron chi connectivity index (χ0n) is 18.8. The van der Waals surface area contributed by atoms with Crippen molar-refractivity contribution >= 4 is 28.5 Å². The second-order valence-electron chi connectivity index (χ2n) is 7.93. The summed E-state index contributed by atoms with van der Waals surface area (Å²) in [5, 5.41) is 5.93. The fourth-order valence-electron chi connectivity index (χ4n) is 3.80. The Morgan fingerprint density at radius 2 is 1.64 bits per heavy atom. The molecule has 0 unspecified atom stereocenters. The van der Waals surface area contributed by atoms with Crippen LogP contribution in [0.3, 0.4) is 0 Å². The minimum Gasteiger partial charge on any atom is -0.352 e. The standard InChI is InChI=1S/C27H28N4O2/c1-2-20-14-16-22(17-15-20)29-26(32)19-31-24-12-7-6-11-23(24)30-25(31)13-8-18-28-27(33)21-9-4-3-5-10-21/h3-7,9-12,14-17H,2,8,13,18-19H2,1H3,(H,28,33)(H,29,32). The molecule has 33 heavy (non-hydrogen) atoms. The third-order valence-electron chi connectivity index (χ3n) is 5.58. The van der Waals surface area contributed by atoms with E-state index in [4.69, 9.17) is 4.98 Å². The Bertz CT molecular complexity index is 1230. The van der Waals surface area contributed by atoms with Crippen molar-refractivity contribution in [2.24, 2.45) is 0 Å². The molecule has 0 fully saturated rings. The Hall–Kier alpha value is -3.93. The van der Waals surface area contributed by atoms with Crippen LogP contribution in [0.25, 0.3) is 11.0 Å². The van der Waals surface area contributed by atoms with Gasteiger partial charge in [-0.25, -0.2) is 4.98 Å². The fraction of sp³-hybridized carbons (Fsp3) is 0.222. The number of benzene rings is 3. The lowest BCUT2D eigenvalue weighted by Gasteiger charge is -2.11. The number of amides is 2. The van der Waals surface area contributed by atoms with E-state index in [0.29, 0.717) is 18.5 Å². The molecule has 4 rings (SSSR count). The van der Waals surface area contributed by atoms with Crippen molar-refractivity contribution in [2.75, 3.05) is 11.9 Å². The zero-order chi connectivity index (χ0) is 23.0. The van der Waals surface area contributed by atoms with Gasteiger partial charge >= 0.3 is 0 Å². The predicted molar refractivity (Wildman–Crippen MR) is 131 cm³/mol. The van der Waals surface area contributed by atoms with Crippen LogP contribution in [0.1, 0.15) is 35.1 Å². The van der Waals surface area contributed by atoms with E-state index in [9.17, 15) is 9.59 Å². The molecule has 6 heteroatoms. The largest absolute Gasteiger partial charge is 0.352 e. The second-order valence-corrected chi connectivity index (χ2v) is 7.93. The minimum atomic E-state index is -0.0963.